The van der Waals surface area contributed by atoms with E-state index in [-0.39, 0.29) is 6.04 Å². The molecule has 0 bridgehead atoms. The molecule has 0 spiro atoms. The topological polar surface area (TPSA) is 52.0 Å². The molecule has 0 aliphatic carbocycles. The molecule has 2 heterocycles. The van der Waals surface area contributed by atoms with Crippen LogP contribution < -0.4 is 5.73 Å². The molecule has 1 unspecified atom stereocenters. The maximum atomic E-state index is 6.04. The first-order valence-corrected chi connectivity index (χ1v) is 4.96. The van der Waals surface area contributed by atoms with Crippen LogP contribution in [0.15, 0.2) is 41.1 Å². The molecule has 2 aromatic rings. The van der Waals surface area contributed by atoms with Gasteiger partial charge >= 0.3 is 0 Å². The van der Waals surface area contributed by atoms with Gasteiger partial charge in [0.2, 0.25) is 0 Å². The summed E-state index contributed by atoms with van der Waals surface area (Å²) in [5, 5.41) is 0. The predicted octanol–water partition coefficient (Wildman–Crippen LogP) is 2.23. The number of nitrogens with zero attached hydrogens (tertiary/aromatic N) is 1. The van der Waals surface area contributed by atoms with Crippen molar-refractivity contribution >= 4 is 0 Å². The molecule has 0 aliphatic rings. The van der Waals surface area contributed by atoms with Crippen molar-refractivity contribution in [1.82, 2.24) is 4.98 Å². The quantitative estimate of drug-likeness (QED) is 0.830. The van der Waals surface area contributed by atoms with Gasteiger partial charge < -0.3 is 10.2 Å². The van der Waals surface area contributed by atoms with E-state index in [9.17, 15) is 0 Å². The van der Waals surface area contributed by atoms with Crippen molar-refractivity contribution in [3.63, 3.8) is 0 Å². The molecule has 0 fully saturated rings. The number of aryl methyl sites for hydroxylation is 1. The van der Waals surface area contributed by atoms with Crippen LogP contribution in [0, 0.1) is 6.92 Å². The first-order valence-electron chi connectivity index (χ1n) is 4.96. The maximum absolute atomic E-state index is 6.04. The molecule has 1 atom stereocenters. The van der Waals surface area contributed by atoms with E-state index in [0.29, 0.717) is 6.42 Å². The highest BCUT2D eigenvalue weighted by molar-refractivity contribution is 5.16. The summed E-state index contributed by atoms with van der Waals surface area (Å²) in [6.45, 7) is 1.93. The molecule has 0 amide bonds. The molecule has 78 valence electrons. The zero-order valence-electron chi connectivity index (χ0n) is 8.68. The van der Waals surface area contributed by atoms with Crippen molar-refractivity contribution in [3.05, 3.63) is 53.7 Å². The zero-order valence-corrected chi connectivity index (χ0v) is 8.68. The van der Waals surface area contributed by atoms with Crippen LogP contribution in [0.3, 0.4) is 0 Å². The van der Waals surface area contributed by atoms with E-state index in [2.05, 4.69) is 4.98 Å². The molecular formula is C12H14N2O. The normalized spacial score (nSPS) is 12.7. The summed E-state index contributed by atoms with van der Waals surface area (Å²) in [6, 6.07) is 7.73. The summed E-state index contributed by atoms with van der Waals surface area (Å²) >= 11 is 0. The molecule has 0 aliphatic heterocycles. The smallest absolute Gasteiger partial charge is 0.106 e. The standard InChI is InChI=1S/C12H14N2O/c1-9-4-5-11(15-9)7-12(13)10-3-2-6-14-8-10/h2-6,8,12H,7,13H2,1H3. The largest absolute Gasteiger partial charge is 0.466 e. The highest BCUT2D eigenvalue weighted by atomic mass is 16.3. The van der Waals surface area contributed by atoms with Crippen molar-refractivity contribution in [3.8, 4) is 0 Å². The maximum Gasteiger partial charge on any atom is 0.106 e. The van der Waals surface area contributed by atoms with Crippen LogP contribution in [0.25, 0.3) is 0 Å². The first-order chi connectivity index (χ1) is 7.25. The van der Waals surface area contributed by atoms with Gasteiger partial charge in [-0.05, 0) is 30.7 Å². The monoisotopic (exact) mass is 202 g/mol. The lowest BCUT2D eigenvalue weighted by Crippen LogP contribution is -2.13. The molecule has 0 radical (unpaired) electrons. The molecule has 2 N–H and O–H groups in total. The number of rotatable bonds is 3. The van der Waals surface area contributed by atoms with Gasteiger partial charge in [-0.15, -0.1) is 0 Å². The highest BCUT2D eigenvalue weighted by Gasteiger charge is 2.09. The minimum Gasteiger partial charge on any atom is -0.466 e. The summed E-state index contributed by atoms with van der Waals surface area (Å²) in [5.41, 5.74) is 7.07. The van der Waals surface area contributed by atoms with Gasteiger partial charge in [-0.25, -0.2) is 0 Å². The number of hydrogen-bond acceptors (Lipinski definition) is 3. The van der Waals surface area contributed by atoms with Crippen molar-refractivity contribution < 1.29 is 4.42 Å². The van der Waals surface area contributed by atoms with Gasteiger partial charge in [0.1, 0.15) is 11.5 Å². The second-order valence-corrected chi connectivity index (χ2v) is 3.61. The molecule has 0 aromatic carbocycles. The Bertz CT molecular complexity index is 422. The third-order valence-corrected chi connectivity index (χ3v) is 2.33. The van der Waals surface area contributed by atoms with Crippen molar-refractivity contribution in [2.75, 3.05) is 0 Å². The van der Waals surface area contributed by atoms with Crippen LogP contribution >= 0.6 is 0 Å². The third kappa shape index (κ3) is 2.44. The van der Waals surface area contributed by atoms with Crippen molar-refractivity contribution in [2.24, 2.45) is 5.73 Å². The van der Waals surface area contributed by atoms with Gasteiger partial charge in [-0.2, -0.15) is 0 Å². The molecule has 2 aromatic heterocycles. The van der Waals surface area contributed by atoms with Crippen molar-refractivity contribution in [2.45, 2.75) is 19.4 Å². The van der Waals surface area contributed by atoms with Gasteiger partial charge in [0.05, 0.1) is 0 Å². The van der Waals surface area contributed by atoms with E-state index in [0.717, 1.165) is 17.1 Å². The van der Waals surface area contributed by atoms with E-state index in [4.69, 9.17) is 10.2 Å². The molecule has 3 heteroatoms. The minimum absolute atomic E-state index is 0.0516. The van der Waals surface area contributed by atoms with Gasteiger partial charge in [0, 0.05) is 24.9 Å². The minimum atomic E-state index is -0.0516. The number of pyridine rings is 1. The average molecular weight is 202 g/mol. The molecule has 0 saturated heterocycles. The number of hydrogen-bond donors (Lipinski definition) is 1. The summed E-state index contributed by atoms with van der Waals surface area (Å²) in [5.74, 6) is 1.84. The Kier molecular flexibility index (Phi) is 2.83. The molecule has 3 nitrogen and oxygen atoms in total. The lowest BCUT2D eigenvalue weighted by Gasteiger charge is -2.09. The average Bonchev–Trinajstić information content (AvgIpc) is 2.65. The van der Waals surface area contributed by atoms with Crippen LogP contribution in [0.4, 0.5) is 0 Å². The summed E-state index contributed by atoms with van der Waals surface area (Å²) in [7, 11) is 0. The Morgan fingerprint density at radius 2 is 2.27 bits per heavy atom. The van der Waals surface area contributed by atoms with Crippen LogP contribution in [0.1, 0.15) is 23.1 Å². The molecule has 2 rings (SSSR count). The Morgan fingerprint density at radius 1 is 1.40 bits per heavy atom. The second kappa shape index (κ2) is 4.28. The summed E-state index contributed by atoms with van der Waals surface area (Å²) in [6.07, 6.45) is 4.24. The van der Waals surface area contributed by atoms with Gasteiger partial charge in [-0.3, -0.25) is 4.98 Å². The van der Waals surface area contributed by atoms with Gasteiger partial charge in [0.25, 0.3) is 0 Å². The Morgan fingerprint density at radius 3 is 2.87 bits per heavy atom. The van der Waals surface area contributed by atoms with Crippen LogP contribution in [-0.2, 0) is 6.42 Å². The lowest BCUT2D eigenvalue weighted by atomic mass is 10.1. The summed E-state index contributed by atoms with van der Waals surface area (Å²) < 4.78 is 5.48. The molecular weight excluding hydrogens is 188 g/mol. The predicted molar refractivity (Wildman–Crippen MR) is 58.3 cm³/mol. The van der Waals surface area contributed by atoms with E-state index in [1.165, 1.54) is 0 Å². The zero-order chi connectivity index (χ0) is 10.7. The number of furan rings is 1. The SMILES string of the molecule is Cc1ccc(CC(N)c2cccnc2)o1. The first kappa shape index (κ1) is 9.93. The van der Waals surface area contributed by atoms with Crippen molar-refractivity contribution in [1.29, 1.82) is 0 Å². The fraction of sp³-hybridized carbons (Fsp3) is 0.250. The van der Waals surface area contributed by atoms with Crippen LogP contribution in [0.2, 0.25) is 0 Å². The van der Waals surface area contributed by atoms with E-state index < -0.39 is 0 Å². The Balaban J connectivity index is 2.07. The van der Waals surface area contributed by atoms with Crippen LogP contribution in [-0.4, -0.2) is 4.98 Å². The van der Waals surface area contributed by atoms with E-state index in [1.807, 2.05) is 31.2 Å². The second-order valence-electron chi connectivity index (χ2n) is 3.61. The van der Waals surface area contributed by atoms with E-state index in [1.54, 1.807) is 12.4 Å². The van der Waals surface area contributed by atoms with Crippen LogP contribution in [0.5, 0.6) is 0 Å². The fourth-order valence-corrected chi connectivity index (χ4v) is 1.52. The number of nitrogens with two attached hydrogens (primary N) is 1. The summed E-state index contributed by atoms with van der Waals surface area (Å²) in [4.78, 5) is 4.04. The number of aromatic nitrogens is 1. The third-order valence-electron chi connectivity index (χ3n) is 2.33. The molecule has 0 saturated carbocycles. The Labute approximate surface area is 88.9 Å². The molecule has 15 heavy (non-hydrogen) atoms. The highest BCUT2D eigenvalue weighted by Crippen LogP contribution is 2.16. The lowest BCUT2D eigenvalue weighted by molar-refractivity contribution is 0.466. The van der Waals surface area contributed by atoms with E-state index >= 15 is 0 Å². The Hall–Kier alpha value is -1.61. The van der Waals surface area contributed by atoms with Gasteiger partial charge in [-0.1, -0.05) is 6.07 Å². The van der Waals surface area contributed by atoms with Gasteiger partial charge in [0.15, 0.2) is 0 Å². The fourth-order valence-electron chi connectivity index (χ4n) is 1.52.